The van der Waals surface area contributed by atoms with Crippen LogP contribution in [0.4, 0.5) is 4.70 Å². The van der Waals surface area contributed by atoms with Gasteiger partial charge in [-0.3, -0.25) is 4.70 Å². The second-order valence-electron chi connectivity index (χ2n) is 1.65. The van der Waals surface area contributed by atoms with E-state index in [0.717, 1.165) is 0 Å². The maximum absolute atomic E-state index is 8.30. The van der Waals surface area contributed by atoms with Crippen LogP contribution < -0.4 is 5.73 Å². The Morgan fingerprint density at radius 2 is 1.50 bits per heavy atom. The number of hydrogen-bond acceptors (Lipinski definition) is 2. The van der Waals surface area contributed by atoms with E-state index in [9.17, 15) is 0 Å². The van der Waals surface area contributed by atoms with E-state index in [1.807, 2.05) is 0 Å². The van der Waals surface area contributed by atoms with Crippen molar-refractivity contribution in [3.05, 3.63) is 0 Å². The maximum Gasteiger partial charge on any atom is 0.107 e. The highest BCUT2D eigenvalue weighted by molar-refractivity contribution is 4.47. The number of rotatable bonds is 0. The van der Waals surface area contributed by atoms with Gasteiger partial charge in [-0.1, -0.05) is 0 Å². The Labute approximate surface area is 36.3 Å². The molecule has 0 aliphatic rings. The minimum absolute atomic E-state index is 0. The van der Waals surface area contributed by atoms with Gasteiger partial charge in [-0.2, -0.15) is 0 Å². The molecule has 0 amide bonds. The summed E-state index contributed by atoms with van der Waals surface area (Å²) in [4.78, 5) is 0. The first-order chi connectivity index (χ1) is 2.00. The Hall–Kier alpha value is -0.150. The van der Waals surface area contributed by atoms with E-state index in [1.54, 1.807) is 0 Å². The molecule has 0 unspecified atom stereocenters. The van der Waals surface area contributed by atoms with Crippen molar-refractivity contribution < 1.29 is 9.81 Å². The van der Waals surface area contributed by atoms with Crippen molar-refractivity contribution in [2.75, 3.05) is 0 Å². The molecule has 6 heavy (non-hydrogen) atoms. The molecule has 40 valence electrons. The van der Waals surface area contributed by atoms with Crippen LogP contribution in [0, 0.1) is 0 Å². The van der Waals surface area contributed by atoms with Crippen LogP contribution in [-0.2, 0) is 0 Å². The van der Waals surface area contributed by atoms with Crippen molar-refractivity contribution in [2.45, 2.75) is 19.6 Å². The quantitative estimate of drug-likeness (QED) is 0.410. The van der Waals surface area contributed by atoms with Crippen LogP contribution in [0.3, 0.4) is 0 Å². The molecule has 0 saturated heterocycles. The van der Waals surface area contributed by atoms with Gasteiger partial charge in [0.2, 0.25) is 0 Å². The molecule has 0 aromatic carbocycles. The smallest absolute Gasteiger partial charge is 0.107 e. The first kappa shape index (κ1) is 9.28. The third kappa shape index (κ3) is 1390. The normalized spacial score (nSPS) is 10.0. The molecule has 0 bridgehead atoms. The first-order valence-corrected chi connectivity index (χ1v) is 1.51. The average Bonchev–Trinajstić information content (AvgIpc) is 0.722. The van der Waals surface area contributed by atoms with Crippen LogP contribution in [0.1, 0.15) is 13.8 Å². The maximum atomic E-state index is 8.30. The van der Waals surface area contributed by atoms with E-state index < -0.39 is 5.72 Å². The lowest BCUT2D eigenvalue weighted by Crippen LogP contribution is -2.30. The lowest BCUT2D eigenvalue weighted by Gasteiger charge is -2.05. The molecule has 0 saturated carbocycles. The minimum Gasteiger partial charge on any atom is -0.377 e. The van der Waals surface area contributed by atoms with Crippen molar-refractivity contribution in [3.8, 4) is 0 Å². The second-order valence-corrected chi connectivity index (χ2v) is 1.65. The van der Waals surface area contributed by atoms with Crippen LogP contribution in [0.5, 0.6) is 0 Å². The van der Waals surface area contributed by atoms with Crippen molar-refractivity contribution in [1.29, 1.82) is 0 Å². The lowest BCUT2D eigenvalue weighted by molar-refractivity contribution is 0.0881. The molecule has 0 aliphatic carbocycles. The fourth-order valence-electron chi connectivity index (χ4n) is 0. The van der Waals surface area contributed by atoms with Gasteiger partial charge in [0, 0.05) is 0 Å². The van der Waals surface area contributed by atoms with Crippen LogP contribution in [0.2, 0.25) is 0 Å². The summed E-state index contributed by atoms with van der Waals surface area (Å²) < 4.78 is 0. The summed E-state index contributed by atoms with van der Waals surface area (Å²) in [6, 6.07) is 0. The number of halogens is 1. The summed E-state index contributed by atoms with van der Waals surface area (Å²) in [6.07, 6.45) is 0. The van der Waals surface area contributed by atoms with Gasteiger partial charge in [-0.25, -0.2) is 0 Å². The fourth-order valence-corrected chi connectivity index (χ4v) is 0. The summed E-state index contributed by atoms with van der Waals surface area (Å²) >= 11 is 0. The van der Waals surface area contributed by atoms with Crippen LogP contribution in [-0.4, -0.2) is 10.8 Å². The summed E-state index contributed by atoms with van der Waals surface area (Å²) in [6.45, 7) is 3.04. The topological polar surface area (TPSA) is 46.2 Å². The Morgan fingerprint density at radius 1 is 1.50 bits per heavy atom. The summed E-state index contributed by atoms with van der Waals surface area (Å²) in [5.41, 5.74) is 3.91. The molecule has 0 fully saturated rings. The molecule has 0 rings (SSSR count). The molecule has 0 aliphatic heterocycles. The van der Waals surface area contributed by atoms with Gasteiger partial charge in [-0.05, 0) is 13.8 Å². The van der Waals surface area contributed by atoms with Gasteiger partial charge in [0.05, 0.1) is 0 Å². The molecule has 0 atom stereocenters. The lowest BCUT2D eigenvalue weighted by atomic mass is 10.4. The molecular formula is C3H10FNO. The summed E-state index contributed by atoms with van der Waals surface area (Å²) in [7, 11) is 0. The van der Waals surface area contributed by atoms with Crippen molar-refractivity contribution in [1.82, 2.24) is 0 Å². The van der Waals surface area contributed by atoms with E-state index in [2.05, 4.69) is 0 Å². The highest BCUT2D eigenvalue weighted by Gasteiger charge is 1.98. The third-order valence-electron chi connectivity index (χ3n) is 0. The summed E-state index contributed by atoms with van der Waals surface area (Å²) in [5, 5.41) is 8.30. The van der Waals surface area contributed by atoms with E-state index in [4.69, 9.17) is 10.8 Å². The zero-order valence-corrected chi connectivity index (χ0v) is 3.93. The fraction of sp³-hybridized carbons (Fsp3) is 1.00. The Balaban J connectivity index is 0. The van der Waals surface area contributed by atoms with Crippen molar-refractivity contribution in [2.24, 2.45) is 5.73 Å². The highest BCUT2D eigenvalue weighted by Crippen LogP contribution is 1.82. The van der Waals surface area contributed by atoms with Crippen LogP contribution in [0.25, 0.3) is 0 Å². The molecule has 0 radical (unpaired) electrons. The Bertz CT molecular complexity index is 26.3. The second kappa shape index (κ2) is 2.10. The van der Waals surface area contributed by atoms with E-state index in [1.165, 1.54) is 13.8 Å². The minimum atomic E-state index is -1.00. The Morgan fingerprint density at radius 3 is 1.50 bits per heavy atom. The number of hydrogen-bond donors (Lipinski definition) is 2. The number of nitrogens with two attached hydrogens (primary N) is 1. The standard InChI is InChI=1S/C3H9NO.FH/c1-3(2,4)5;/h5H,4H2,1-2H3;1H. The predicted molar refractivity (Wildman–Crippen MR) is 23.0 cm³/mol. The van der Waals surface area contributed by atoms with E-state index in [0.29, 0.717) is 0 Å². The molecule has 0 aromatic heterocycles. The van der Waals surface area contributed by atoms with E-state index >= 15 is 0 Å². The van der Waals surface area contributed by atoms with Crippen molar-refractivity contribution >= 4 is 0 Å². The average molecular weight is 95.1 g/mol. The highest BCUT2D eigenvalue weighted by atomic mass is 19.0. The van der Waals surface area contributed by atoms with Crippen LogP contribution in [0.15, 0.2) is 0 Å². The van der Waals surface area contributed by atoms with E-state index in [-0.39, 0.29) is 4.70 Å². The van der Waals surface area contributed by atoms with Gasteiger partial charge in [0.15, 0.2) is 0 Å². The van der Waals surface area contributed by atoms with Gasteiger partial charge in [0.1, 0.15) is 5.72 Å². The molecule has 3 N–H and O–H groups in total. The molecule has 0 aromatic rings. The van der Waals surface area contributed by atoms with Gasteiger partial charge in [0.25, 0.3) is 0 Å². The zero-order valence-electron chi connectivity index (χ0n) is 3.93. The van der Waals surface area contributed by atoms with Crippen LogP contribution >= 0.6 is 0 Å². The molecule has 0 spiro atoms. The summed E-state index contributed by atoms with van der Waals surface area (Å²) in [5.74, 6) is 0. The van der Waals surface area contributed by atoms with Gasteiger partial charge >= 0.3 is 0 Å². The molecular weight excluding hydrogens is 85.0 g/mol. The number of aliphatic hydroxyl groups is 1. The third-order valence-corrected chi connectivity index (χ3v) is 0. The van der Waals surface area contributed by atoms with Crippen molar-refractivity contribution in [3.63, 3.8) is 0 Å². The predicted octanol–water partition coefficient (Wildman–Crippen LogP) is -0.174. The van der Waals surface area contributed by atoms with Gasteiger partial charge < -0.3 is 10.8 Å². The first-order valence-electron chi connectivity index (χ1n) is 1.51. The molecule has 3 heteroatoms. The SMILES string of the molecule is CC(C)(N)O.F. The largest absolute Gasteiger partial charge is 0.377 e. The monoisotopic (exact) mass is 95.1 g/mol. The van der Waals surface area contributed by atoms with Gasteiger partial charge in [-0.15, -0.1) is 0 Å². The molecule has 2 nitrogen and oxygen atoms in total. The molecule has 0 heterocycles. The Kier molecular flexibility index (Phi) is 3.25. The zero-order chi connectivity index (χ0) is 4.50.